The van der Waals surface area contributed by atoms with Crippen molar-refractivity contribution in [2.75, 3.05) is 9.80 Å². The van der Waals surface area contributed by atoms with Crippen molar-refractivity contribution in [3.05, 3.63) is 253 Å². The van der Waals surface area contributed by atoms with Gasteiger partial charge in [0.05, 0.1) is 40.3 Å². The minimum atomic E-state index is 0.417. The largest absolute Gasteiger partial charge is 0.310 e. The number of nitrogens with one attached hydrogen (secondary N) is 1. The first-order valence-corrected chi connectivity index (χ1v) is 24.3. The number of hydrogen-bond donors (Lipinski definition) is 1. The lowest BCUT2D eigenvalue weighted by atomic mass is 9.97. The molecule has 10 aromatic carbocycles. The van der Waals surface area contributed by atoms with Crippen LogP contribution >= 0.6 is 8.37 Å². The first kappa shape index (κ1) is 42.8. The predicted octanol–water partition coefficient (Wildman–Crippen LogP) is 17.6. The van der Waals surface area contributed by atoms with E-state index in [1.807, 2.05) is 60.7 Å². The molecule has 0 spiro atoms. The monoisotopic (exact) mass is 927 g/mol. The van der Waals surface area contributed by atoms with Crippen LogP contribution < -0.4 is 15.1 Å². The average molecular weight is 928 g/mol. The van der Waals surface area contributed by atoms with Crippen molar-refractivity contribution in [1.82, 2.24) is 9.13 Å². The van der Waals surface area contributed by atoms with E-state index in [1.54, 1.807) is 0 Å². The lowest BCUT2D eigenvalue weighted by Crippen LogP contribution is -2.09. The highest BCUT2D eigenvalue weighted by Gasteiger charge is 2.22. The number of hydrogen-bond acceptors (Lipinski definition) is 4. The Kier molecular flexibility index (Phi) is 10.8. The molecule has 334 valence electrons. The Morgan fingerprint density at radius 3 is 1.34 bits per heavy atom. The molecular weight excluding hydrogens is 886 g/mol. The molecule has 0 atom stereocenters. The molecule has 0 saturated carbocycles. The molecule has 12 rings (SSSR count). The van der Waals surface area contributed by atoms with Crippen LogP contribution in [0.1, 0.15) is 11.1 Å². The third-order valence-electron chi connectivity index (χ3n) is 13.4. The van der Waals surface area contributed by atoms with Crippen LogP contribution in [-0.2, 0) is 0 Å². The van der Waals surface area contributed by atoms with E-state index < -0.39 is 0 Å². The van der Waals surface area contributed by atoms with Crippen molar-refractivity contribution in [2.45, 2.75) is 6.92 Å². The summed E-state index contributed by atoms with van der Waals surface area (Å²) >= 11 is 0. The molecule has 0 aliphatic heterocycles. The number of rotatable bonds is 10. The van der Waals surface area contributed by atoms with Crippen LogP contribution in [-0.4, -0.2) is 9.13 Å². The van der Waals surface area contributed by atoms with Crippen LogP contribution in [0.4, 0.5) is 39.8 Å². The van der Waals surface area contributed by atoms with E-state index in [0.717, 1.165) is 100.0 Å². The third-order valence-corrected chi connectivity index (χ3v) is 13.9. The van der Waals surface area contributed by atoms with E-state index in [4.69, 9.17) is 11.7 Å². The highest BCUT2D eigenvalue weighted by Crippen LogP contribution is 2.44. The van der Waals surface area contributed by atoms with E-state index in [-0.39, 0.29) is 0 Å². The zero-order valence-corrected chi connectivity index (χ0v) is 39.5. The first-order valence-electron chi connectivity index (χ1n) is 23.4. The number of nitrogens with zero attached hydrogens (tertiary/aromatic N) is 6. The summed E-state index contributed by atoms with van der Waals surface area (Å²) in [6.45, 7) is 10.7. The molecule has 1 N–H and O–H groups in total. The van der Waals surface area contributed by atoms with E-state index in [1.165, 1.54) is 0 Å². The second-order valence-corrected chi connectivity index (χ2v) is 18.3. The molecule has 2 aromatic heterocycles. The Morgan fingerprint density at radius 2 is 0.873 bits per heavy atom. The summed E-state index contributed by atoms with van der Waals surface area (Å²) in [5.41, 5.74) is 15.2. The fourth-order valence-corrected chi connectivity index (χ4v) is 10.5. The van der Waals surface area contributed by atoms with Gasteiger partial charge in [-0.3, -0.25) is 5.16 Å². The lowest BCUT2D eigenvalue weighted by Gasteiger charge is -2.25. The molecule has 8 heteroatoms. The second-order valence-electron chi connectivity index (χ2n) is 17.6. The highest BCUT2D eigenvalue weighted by molar-refractivity contribution is 7.35. The van der Waals surface area contributed by atoms with Crippen LogP contribution in [0, 0.1) is 30.0 Å². The molecule has 0 bridgehead atoms. The van der Waals surface area contributed by atoms with Gasteiger partial charge < -0.3 is 18.9 Å². The van der Waals surface area contributed by atoms with E-state index >= 15 is 0 Å². The summed E-state index contributed by atoms with van der Waals surface area (Å²) in [6.07, 6.45) is 0. The quantitative estimate of drug-likeness (QED) is 0.110. The highest BCUT2D eigenvalue weighted by atomic mass is 31.1. The van der Waals surface area contributed by atoms with Gasteiger partial charge in [-0.25, -0.2) is 4.85 Å². The number of nitriles is 1. The molecule has 2 heterocycles. The minimum absolute atomic E-state index is 0.417. The summed E-state index contributed by atoms with van der Waals surface area (Å²) in [5.74, 6) is 0. The number of aryl methyl sites for hydroxylation is 1. The van der Waals surface area contributed by atoms with Crippen LogP contribution in [0.2, 0.25) is 0 Å². The lowest BCUT2D eigenvalue weighted by molar-refractivity contribution is 1.17. The average Bonchev–Trinajstić information content (AvgIpc) is 3.93. The SMILES string of the molecule is [C-]#[N+]c1cc(-n2c3cc(P=N)ccc3c3ccc(N(c4ccccc4)c4ccccc4)cc32)ccc1-c1ccc(-n2c3cc(C)ccc3c3ccc(N(c4ccccc4)c4ccccc4)cc32)cc1C#N. The summed E-state index contributed by atoms with van der Waals surface area (Å²) in [7, 11) is 0.417. The van der Waals surface area contributed by atoms with Gasteiger partial charge in [-0.2, -0.15) is 5.26 Å². The molecule has 0 aliphatic rings. The Labute approximate surface area is 413 Å². The first-order chi connectivity index (χ1) is 35.0. The predicted molar refractivity (Wildman–Crippen MR) is 295 cm³/mol. The summed E-state index contributed by atoms with van der Waals surface area (Å²) in [6, 6.07) is 81.9. The van der Waals surface area contributed by atoms with Gasteiger partial charge in [0.1, 0.15) is 0 Å². The standard InChI is InChI=1S/C63H42N7P/c1-42-23-29-55-56-32-26-50(67(44-15-7-3-8-16-44)45-17-9-4-10-18-45)38-61(56)69(60(55)35-42)48-24-30-53(43(36-48)41-64)54-31-25-49(37-59(54)66-2)70-62-39-51(27-33-57(62)58-34-28-52(71-65)40-63(58)70)68(46-19-11-5-12-20-46)47-21-13-6-14-22-47/h3-40,65H,1H3. The minimum Gasteiger partial charge on any atom is -0.310 e. The second kappa shape index (κ2) is 17.9. The summed E-state index contributed by atoms with van der Waals surface area (Å²) < 4.78 is 4.47. The van der Waals surface area contributed by atoms with Crippen molar-refractivity contribution in [3.63, 3.8) is 0 Å². The van der Waals surface area contributed by atoms with Crippen molar-refractivity contribution in [1.29, 1.82) is 10.4 Å². The van der Waals surface area contributed by atoms with E-state index in [9.17, 15) is 5.26 Å². The third kappa shape index (κ3) is 7.46. The zero-order chi connectivity index (χ0) is 48.0. The molecule has 0 amide bonds. The summed E-state index contributed by atoms with van der Waals surface area (Å²) in [5, 5.41) is 24.4. The van der Waals surface area contributed by atoms with Crippen molar-refractivity contribution in [2.24, 2.45) is 0 Å². The molecule has 0 fully saturated rings. The molecule has 0 aliphatic carbocycles. The van der Waals surface area contributed by atoms with Gasteiger partial charge >= 0.3 is 0 Å². The molecular formula is C63H42N7P. The number of anilines is 6. The molecule has 0 radical (unpaired) electrons. The maximum Gasteiger partial charge on any atom is 0.197 e. The maximum absolute atomic E-state index is 11.0. The van der Waals surface area contributed by atoms with E-state index in [0.29, 0.717) is 30.8 Å². The number of para-hydroxylation sites is 4. The van der Waals surface area contributed by atoms with Crippen LogP contribution in [0.5, 0.6) is 0 Å². The van der Waals surface area contributed by atoms with Gasteiger partial charge in [0, 0.05) is 80.7 Å². The molecule has 0 saturated heterocycles. The van der Waals surface area contributed by atoms with Crippen molar-refractivity contribution < 1.29 is 0 Å². The fourth-order valence-electron chi connectivity index (χ4n) is 10.2. The Hall–Kier alpha value is -9.52. The number of benzene rings is 10. The molecule has 71 heavy (non-hydrogen) atoms. The Balaban J connectivity index is 0.999. The van der Waals surface area contributed by atoms with Gasteiger partial charge in [-0.05, 0) is 139 Å². The summed E-state index contributed by atoms with van der Waals surface area (Å²) in [4.78, 5) is 8.65. The topological polar surface area (TPSA) is 68.3 Å². The zero-order valence-electron chi connectivity index (χ0n) is 38.6. The van der Waals surface area contributed by atoms with Gasteiger partial charge in [0.2, 0.25) is 0 Å². The van der Waals surface area contributed by atoms with E-state index in [2.05, 4.69) is 207 Å². The van der Waals surface area contributed by atoms with Crippen LogP contribution in [0.25, 0.3) is 71.0 Å². The fraction of sp³-hybridized carbons (Fsp3) is 0.0159. The van der Waals surface area contributed by atoms with Crippen LogP contribution in [0.3, 0.4) is 0 Å². The smallest absolute Gasteiger partial charge is 0.197 e. The van der Waals surface area contributed by atoms with Crippen molar-refractivity contribution in [3.8, 4) is 28.6 Å². The molecule has 12 aromatic rings. The normalized spacial score (nSPS) is 11.3. The molecule has 7 nitrogen and oxygen atoms in total. The van der Waals surface area contributed by atoms with Gasteiger partial charge in [0.25, 0.3) is 0 Å². The molecule has 0 unspecified atom stereocenters. The van der Waals surface area contributed by atoms with Gasteiger partial charge in [-0.15, -0.1) is 0 Å². The Morgan fingerprint density at radius 1 is 0.451 bits per heavy atom. The van der Waals surface area contributed by atoms with Gasteiger partial charge in [-0.1, -0.05) is 115 Å². The van der Waals surface area contributed by atoms with Crippen LogP contribution in [0.15, 0.2) is 231 Å². The van der Waals surface area contributed by atoms with Crippen molar-refractivity contribution >= 4 is 97.1 Å². The number of fused-ring (bicyclic) bond motifs is 6. The Bertz CT molecular complexity index is 4030. The number of aromatic nitrogens is 2. The van der Waals surface area contributed by atoms with Gasteiger partial charge in [0.15, 0.2) is 5.69 Å². The maximum atomic E-state index is 11.0.